The van der Waals surface area contributed by atoms with Gasteiger partial charge in [-0.3, -0.25) is 9.59 Å². The van der Waals surface area contributed by atoms with E-state index in [2.05, 4.69) is 4.98 Å². The maximum Gasteiger partial charge on any atom is 0.383 e. The third-order valence-electron chi connectivity index (χ3n) is 3.24. The van der Waals surface area contributed by atoms with Crippen molar-refractivity contribution in [2.45, 2.75) is 19.8 Å². The van der Waals surface area contributed by atoms with Gasteiger partial charge in [-0.1, -0.05) is 31.0 Å². The fourth-order valence-electron chi connectivity index (χ4n) is 2.19. The van der Waals surface area contributed by atoms with E-state index in [4.69, 9.17) is 4.84 Å². The smallest absolute Gasteiger partial charge is 0.322 e. The van der Waals surface area contributed by atoms with Crippen LogP contribution in [-0.4, -0.2) is 27.8 Å². The second kappa shape index (κ2) is 5.34. The van der Waals surface area contributed by atoms with Gasteiger partial charge in [0.1, 0.15) is 0 Å². The van der Waals surface area contributed by atoms with Crippen LogP contribution in [0, 0.1) is 0 Å². The molecule has 2 aromatic rings. The second-order valence-electron chi connectivity index (χ2n) is 5.05. The largest absolute Gasteiger partial charge is 0.383 e. The van der Waals surface area contributed by atoms with E-state index in [9.17, 15) is 14.4 Å². The van der Waals surface area contributed by atoms with E-state index in [-0.39, 0.29) is 22.7 Å². The first kappa shape index (κ1) is 14.4. The van der Waals surface area contributed by atoms with Crippen LogP contribution < -0.4 is 0 Å². The summed E-state index contributed by atoms with van der Waals surface area (Å²) in [6, 6.07) is 6.33. The Hall–Kier alpha value is -2.54. The minimum absolute atomic E-state index is 0.0947. The van der Waals surface area contributed by atoms with E-state index in [1.807, 2.05) is 13.8 Å². The fraction of sp³-hybridized carbons (Fsp3) is 0.200. The number of hydrogen-bond acceptors (Lipinski definition) is 6. The van der Waals surface area contributed by atoms with Crippen LogP contribution in [0.3, 0.4) is 0 Å². The number of aromatic nitrogens is 1. The van der Waals surface area contributed by atoms with Crippen molar-refractivity contribution in [3.63, 3.8) is 0 Å². The quantitative estimate of drug-likeness (QED) is 0.814. The lowest BCUT2D eigenvalue weighted by Gasteiger charge is -2.12. The summed E-state index contributed by atoms with van der Waals surface area (Å²) in [6.07, 6.45) is 0. The lowest BCUT2D eigenvalue weighted by atomic mass is 10.1. The Bertz CT molecular complexity index is 746. The molecule has 2 amide bonds. The van der Waals surface area contributed by atoms with Gasteiger partial charge in [0.05, 0.1) is 16.6 Å². The highest BCUT2D eigenvalue weighted by atomic mass is 32.1. The summed E-state index contributed by atoms with van der Waals surface area (Å²) < 4.78 is 0. The first-order valence-electron chi connectivity index (χ1n) is 6.64. The van der Waals surface area contributed by atoms with Gasteiger partial charge in [-0.15, -0.1) is 11.3 Å². The Kier molecular flexibility index (Phi) is 3.50. The Balaban J connectivity index is 1.86. The number of imide groups is 1. The van der Waals surface area contributed by atoms with Crippen molar-refractivity contribution in [3.05, 3.63) is 51.5 Å². The van der Waals surface area contributed by atoms with E-state index < -0.39 is 17.8 Å². The van der Waals surface area contributed by atoms with Crippen molar-refractivity contribution in [1.29, 1.82) is 0 Å². The summed E-state index contributed by atoms with van der Waals surface area (Å²) in [5.74, 6) is -2.00. The molecule has 0 fully saturated rings. The number of amides is 2. The van der Waals surface area contributed by atoms with Crippen molar-refractivity contribution in [3.8, 4) is 0 Å². The zero-order valence-corrected chi connectivity index (χ0v) is 12.7. The molecule has 22 heavy (non-hydrogen) atoms. The molecule has 112 valence electrons. The average Bonchev–Trinajstić information content (AvgIpc) is 3.08. The number of nitrogens with zero attached hydrogens (tertiary/aromatic N) is 2. The van der Waals surface area contributed by atoms with E-state index in [0.717, 1.165) is 4.88 Å². The highest BCUT2D eigenvalue weighted by molar-refractivity contribution is 7.10. The molecule has 0 spiro atoms. The molecular formula is C15H12N2O4S. The number of carbonyl (C=O) groups excluding carboxylic acids is 3. The highest BCUT2D eigenvalue weighted by Gasteiger charge is 2.39. The van der Waals surface area contributed by atoms with Crippen LogP contribution in [0.15, 0.2) is 29.8 Å². The predicted molar refractivity (Wildman–Crippen MR) is 78.6 cm³/mol. The summed E-state index contributed by atoms with van der Waals surface area (Å²) in [7, 11) is 0. The summed E-state index contributed by atoms with van der Waals surface area (Å²) in [6.45, 7) is 3.85. The first-order valence-corrected chi connectivity index (χ1v) is 7.52. The topological polar surface area (TPSA) is 76.6 Å². The monoisotopic (exact) mass is 316 g/mol. The molecule has 1 aromatic carbocycles. The molecule has 7 heteroatoms. The Morgan fingerprint density at radius 1 is 1.18 bits per heavy atom. The molecule has 0 unspecified atom stereocenters. The normalized spacial score (nSPS) is 13.7. The molecule has 1 aromatic heterocycles. The number of hydrogen-bond donors (Lipinski definition) is 0. The number of carbonyl (C=O) groups is 3. The lowest BCUT2D eigenvalue weighted by Crippen LogP contribution is -2.33. The molecule has 1 aliphatic heterocycles. The molecular weight excluding hydrogens is 304 g/mol. The van der Waals surface area contributed by atoms with E-state index >= 15 is 0 Å². The third kappa shape index (κ3) is 2.19. The van der Waals surface area contributed by atoms with E-state index in [0.29, 0.717) is 5.06 Å². The van der Waals surface area contributed by atoms with Crippen LogP contribution in [0.5, 0.6) is 0 Å². The van der Waals surface area contributed by atoms with Gasteiger partial charge >= 0.3 is 5.97 Å². The van der Waals surface area contributed by atoms with Crippen LogP contribution >= 0.6 is 11.3 Å². The van der Waals surface area contributed by atoms with Gasteiger partial charge in [0.15, 0.2) is 5.69 Å². The van der Waals surface area contributed by atoms with Gasteiger partial charge in [0, 0.05) is 4.88 Å². The molecule has 0 aliphatic carbocycles. The fourth-order valence-corrected chi connectivity index (χ4v) is 2.99. The summed E-state index contributed by atoms with van der Waals surface area (Å²) in [5.41, 5.74) is 2.12. The number of fused-ring (bicyclic) bond motifs is 1. The van der Waals surface area contributed by atoms with Crippen LogP contribution in [0.2, 0.25) is 0 Å². The lowest BCUT2D eigenvalue weighted by molar-refractivity contribution is -0.0588. The molecule has 2 heterocycles. The van der Waals surface area contributed by atoms with Crippen molar-refractivity contribution >= 4 is 29.1 Å². The maximum absolute atomic E-state index is 12.2. The SMILES string of the molecule is CC(C)c1scnc1C(=O)ON1C(=O)c2ccccc2C1=O. The van der Waals surface area contributed by atoms with Gasteiger partial charge in [0.2, 0.25) is 0 Å². The van der Waals surface area contributed by atoms with Crippen molar-refractivity contribution in [1.82, 2.24) is 10.0 Å². The van der Waals surface area contributed by atoms with Crippen molar-refractivity contribution in [2.75, 3.05) is 0 Å². The van der Waals surface area contributed by atoms with Gasteiger partial charge in [-0.2, -0.15) is 0 Å². The molecule has 0 N–H and O–H groups in total. The van der Waals surface area contributed by atoms with Crippen LogP contribution in [0.25, 0.3) is 0 Å². The van der Waals surface area contributed by atoms with E-state index in [1.165, 1.54) is 29.0 Å². The number of rotatable bonds is 3. The number of benzene rings is 1. The first-order chi connectivity index (χ1) is 10.5. The minimum atomic E-state index is -0.806. The number of hydroxylamine groups is 2. The molecule has 0 bridgehead atoms. The van der Waals surface area contributed by atoms with Gasteiger partial charge in [-0.05, 0) is 18.1 Å². The van der Waals surface area contributed by atoms with Gasteiger partial charge < -0.3 is 4.84 Å². The van der Waals surface area contributed by atoms with Crippen LogP contribution in [0.1, 0.15) is 55.8 Å². The maximum atomic E-state index is 12.2. The molecule has 0 saturated heterocycles. The zero-order valence-electron chi connectivity index (χ0n) is 11.9. The molecule has 0 saturated carbocycles. The Morgan fingerprint density at radius 2 is 1.77 bits per heavy atom. The standard InChI is InChI=1S/C15H12N2O4S/c1-8(2)12-11(16-7-22-12)15(20)21-17-13(18)9-5-3-4-6-10(9)14(17)19/h3-8H,1-2H3. The zero-order chi connectivity index (χ0) is 15.9. The summed E-state index contributed by atoms with van der Waals surface area (Å²) in [5, 5.41) is 0.496. The summed E-state index contributed by atoms with van der Waals surface area (Å²) >= 11 is 1.33. The van der Waals surface area contributed by atoms with Gasteiger partial charge in [-0.25, -0.2) is 9.78 Å². The molecule has 0 radical (unpaired) electrons. The molecule has 1 aliphatic rings. The third-order valence-corrected chi connectivity index (χ3v) is 4.37. The van der Waals surface area contributed by atoms with Crippen molar-refractivity contribution < 1.29 is 19.2 Å². The second-order valence-corrected chi connectivity index (χ2v) is 5.94. The minimum Gasteiger partial charge on any atom is -0.322 e. The van der Waals surface area contributed by atoms with Gasteiger partial charge in [0.25, 0.3) is 11.8 Å². The van der Waals surface area contributed by atoms with Crippen LogP contribution in [0.4, 0.5) is 0 Å². The summed E-state index contributed by atoms with van der Waals surface area (Å²) in [4.78, 5) is 46.2. The van der Waals surface area contributed by atoms with Crippen LogP contribution in [-0.2, 0) is 4.84 Å². The highest BCUT2D eigenvalue weighted by Crippen LogP contribution is 2.26. The molecule has 6 nitrogen and oxygen atoms in total. The Labute approximate surface area is 130 Å². The molecule has 3 rings (SSSR count). The molecule has 0 atom stereocenters. The predicted octanol–water partition coefficient (Wildman–Crippen LogP) is 2.63. The van der Waals surface area contributed by atoms with E-state index in [1.54, 1.807) is 12.1 Å². The Morgan fingerprint density at radius 3 is 2.32 bits per heavy atom. The van der Waals surface area contributed by atoms with Crippen molar-refractivity contribution in [2.24, 2.45) is 0 Å². The number of thiazole rings is 1. The average molecular weight is 316 g/mol.